The zero-order valence-electron chi connectivity index (χ0n) is 18.2. The molecule has 8 heteroatoms. The number of hydrogen-bond acceptors (Lipinski definition) is 6. The van der Waals surface area contributed by atoms with Crippen molar-refractivity contribution >= 4 is 12.1 Å². The highest BCUT2D eigenvalue weighted by Crippen LogP contribution is 2.35. The second-order valence-electron chi connectivity index (χ2n) is 7.60. The lowest BCUT2D eigenvalue weighted by molar-refractivity contribution is 0.0953. The van der Waals surface area contributed by atoms with Gasteiger partial charge in [-0.25, -0.2) is 10.1 Å². The van der Waals surface area contributed by atoms with Crippen molar-refractivity contribution in [2.75, 3.05) is 13.2 Å². The van der Waals surface area contributed by atoms with Gasteiger partial charge in [-0.3, -0.25) is 4.79 Å². The van der Waals surface area contributed by atoms with Crippen molar-refractivity contribution in [1.82, 2.24) is 15.2 Å². The summed E-state index contributed by atoms with van der Waals surface area (Å²) in [4.78, 5) is 12.5. The summed E-state index contributed by atoms with van der Waals surface area (Å²) in [6.45, 7) is 4.57. The number of benzene rings is 2. The number of rotatable bonds is 5. The van der Waals surface area contributed by atoms with E-state index in [1.807, 2.05) is 54.7 Å². The number of furan rings is 1. The average Bonchev–Trinajstić information content (AvgIpc) is 3.42. The lowest BCUT2D eigenvalue weighted by Gasteiger charge is -2.18. The van der Waals surface area contributed by atoms with Crippen molar-refractivity contribution in [3.63, 3.8) is 0 Å². The van der Waals surface area contributed by atoms with Crippen LogP contribution in [-0.2, 0) is 0 Å². The van der Waals surface area contributed by atoms with E-state index in [4.69, 9.17) is 19.0 Å². The molecule has 3 heterocycles. The molecule has 2 aromatic heterocycles. The minimum atomic E-state index is -0.336. The maximum absolute atomic E-state index is 12.5. The van der Waals surface area contributed by atoms with Crippen molar-refractivity contribution in [1.29, 1.82) is 0 Å². The van der Waals surface area contributed by atoms with Gasteiger partial charge in [0.05, 0.1) is 17.5 Å². The van der Waals surface area contributed by atoms with Crippen LogP contribution < -0.4 is 14.9 Å². The molecule has 33 heavy (non-hydrogen) atoms. The summed E-state index contributed by atoms with van der Waals surface area (Å²) in [5, 5.41) is 8.95. The van der Waals surface area contributed by atoms with E-state index >= 15 is 0 Å². The minimum Gasteiger partial charge on any atom is -0.486 e. The van der Waals surface area contributed by atoms with Crippen LogP contribution in [0.5, 0.6) is 11.5 Å². The highest BCUT2D eigenvalue weighted by Gasteiger charge is 2.17. The molecular formula is C25H22N4O4. The molecule has 2 aromatic carbocycles. The van der Waals surface area contributed by atoms with Gasteiger partial charge in [-0.1, -0.05) is 18.2 Å². The Morgan fingerprint density at radius 3 is 2.61 bits per heavy atom. The van der Waals surface area contributed by atoms with E-state index in [0.717, 1.165) is 16.8 Å². The molecule has 4 aromatic rings. The zero-order valence-corrected chi connectivity index (χ0v) is 18.2. The Morgan fingerprint density at radius 2 is 1.85 bits per heavy atom. The van der Waals surface area contributed by atoms with Gasteiger partial charge in [0.15, 0.2) is 11.5 Å². The molecule has 1 aliphatic heterocycles. The Morgan fingerprint density at radius 1 is 1.06 bits per heavy atom. The highest BCUT2D eigenvalue weighted by atomic mass is 16.6. The predicted octanol–water partition coefficient (Wildman–Crippen LogP) is 4.28. The number of fused-ring (bicyclic) bond motifs is 1. The third kappa shape index (κ3) is 4.23. The number of carbonyl (C=O) groups is 1. The van der Waals surface area contributed by atoms with Crippen molar-refractivity contribution in [3.05, 3.63) is 83.4 Å². The van der Waals surface area contributed by atoms with E-state index in [-0.39, 0.29) is 5.91 Å². The highest BCUT2D eigenvalue weighted by molar-refractivity contribution is 5.96. The first-order valence-corrected chi connectivity index (χ1v) is 10.5. The topological polar surface area (TPSA) is 90.9 Å². The van der Waals surface area contributed by atoms with Crippen molar-refractivity contribution in [3.8, 4) is 28.4 Å². The molecule has 0 aliphatic carbocycles. The van der Waals surface area contributed by atoms with Gasteiger partial charge in [0.1, 0.15) is 30.4 Å². The molecule has 0 saturated carbocycles. The van der Waals surface area contributed by atoms with Crippen LogP contribution in [0.15, 0.2) is 70.3 Å². The van der Waals surface area contributed by atoms with E-state index in [9.17, 15) is 4.79 Å². The van der Waals surface area contributed by atoms with Gasteiger partial charge in [-0.15, -0.1) is 0 Å². The van der Waals surface area contributed by atoms with Crippen LogP contribution >= 0.6 is 0 Å². The summed E-state index contributed by atoms with van der Waals surface area (Å²) in [5.41, 5.74) is 6.21. The van der Waals surface area contributed by atoms with Crippen molar-refractivity contribution in [2.45, 2.75) is 13.8 Å². The summed E-state index contributed by atoms with van der Waals surface area (Å²) >= 11 is 0. The van der Waals surface area contributed by atoms with Crippen LogP contribution in [0.25, 0.3) is 16.9 Å². The van der Waals surface area contributed by atoms with E-state index in [2.05, 4.69) is 10.5 Å². The summed E-state index contributed by atoms with van der Waals surface area (Å²) in [7, 11) is 0. The molecule has 0 radical (unpaired) electrons. The van der Waals surface area contributed by atoms with Crippen LogP contribution in [0.3, 0.4) is 0 Å². The fraction of sp³-hybridized carbons (Fsp3) is 0.160. The number of aromatic nitrogens is 2. The van der Waals surface area contributed by atoms with Gasteiger partial charge in [-0.2, -0.15) is 10.2 Å². The van der Waals surface area contributed by atoms with Crippen LogP contribution in [0, 0.1) is 13.8 Å². The zero-order chi connectivity index (χ0) is 22.8. The molecule has 0 bridgehead atoms. The molecule has 1 N–H and O–H groups in total. The summed E-state index contributed by atoms with van der Waals surface area (Å²) < 4.78 is 18.6. The number of hydrazone groups is 1. The lowest BCUT2D eigenvalue weighted by atomic mass is 10.1. The van der Waals surface area contributed by atoms with Crippen LogP contribution in [0.2, 0.25) is 0 Å². The molecule has 0 saturated heterocycles. The molecular weight excluding hydrogens is 420 g/mol. The smallest absolute Gasteiger partial charge is 0.274 e. The Bertz CT molecular complexity index is 1340. The van der Waals surface area contributed by atoms with Gasteiger partial charge in [-0.05, 0) is 50.2 Å². The summed E-state index contributed by atoms with van der Waals surface area (Å²) in [5.74, 6) is 2.27. The number of hydrogen-bond donors (Lipinski definition) is 1. The predicted molar refractivity (Wildman–Crippen MR) is 123 cm³/mol. The van der Waals surface area contributed by atoms with Crippen molar-refractivity contribution in [2.24, 2.45) is 5.10 Å². The number of amides is 1. The molecule has 0 unspecified atom stereocenters. The fourth-order valence-corrected chi connectivity index (χ4v) is 3.69. The normalized spacial score (nSPS) is 12.8. The third-order valence-electron chi connectivity index (χ3n) is 5.23. The monoisotopic (exact) mass is 442 g/mol. The van der Waals surface area contributed by atoms with E-state index in [0.29, 0.717) is 47.5 Å². The maximum Gasteiger partial charge on any atom is 0.274 e. The van der Waals surface area contributed by atoms with E-state index in [1.54, 1.807) is 30.8 Å². The van der Waals surface area contributed by atoms with Gasteiger partial charge < -0.3 is 13.9 Å². The number of ether oxygens (including phenoxy) is 2. The second kappa shape index (κ2) is 8.66. The number of nitrogens with zero attached hydrogens (tertiary/aromatic N) is 3. The second-order valence-corrected chi connectivity index (χ2v) is 7.60. The number of carbonyl (C=O) groups excluding carboxylic acids is 1. The number of aryl methyl sites for hydroxylation is 2. The largest absolute Gasteiger partial charge is 0.486 e. The standard InChI is InChI=1S/C25H22N4O4/c1-16-12-21(17(2)33-16)25(30)27-26-14-19-15-29(20-6-4-3-5-7-20)28-24(19)18-8-9-22-23(13-18)32-11-10-31-22/h3-9,12-15H,10-11H2,1-2H3,(H,27,30). The molecule has 1 aliphatic rings. The first-order chi connectivity index (χ1) is 16.1. The Kier molecular flexibility index (Phi) is 5.40. The molecule has 8 nitrogen and oxygen atoms in total. The average molecular weight is 442 g/mol. The van der Waals surface area contributed by atoms with Crippen LogP contribution in [0.1, 0.15) is 27.4 Å². The quantitative estimate of drug-likeness (QED) is 0.368. The molecule has 0 atom stereocenters. The first-order valence-electron chi connectivity index (χ1n) is 10.5. The minimum absolute atomic E-state index is 0.336. The van der Waals surface area contributed by atoms with E-state index in [1.165, 1.54) is 0 Å². The third-order valence-corrected chi connectivity index (χ3v) is 5.23. The molecule has 0 spiro atoms. The lowest BCUT2D eigenvalue weighted by Crippen LogP contribution is -2.17. The first kappa shape index (κ1) is 20.6. The molecule has 0 fully saturated rings. The van der Waals surface area contributed by atoms with Gasteiger partial charge in [0.25, 0.3) is 5.91 Å². The maximum atomic E-state index is 12.5. The SMILES string of the molecule is Cc1cc(C(=O)NN=Cc2cn(-c3ccccc3)nc2-c2ccc3c(c2)OCCO3)c(C)o1. The number of para-hydroxylation sites is 1. The van der Waals surface area contributed by atoms with Crippen LogP contribution in [0.4, 0.5) is 0 Å². The van der Waals surface area contributed by atoms with Crippen LogP contribution in [-0.4, -0.2) is 35.1 Å². The van der Waals surface area contributed by atoms with E-state index < -0.39 is 0 Å². The van der Waals surface area contributed by atoms with Crippen molar-refractivity contribution < 1.29 is 18.7 Å². The molecule has 5 rings (SSSR count). The van der Waals surface area contributed by atoms with Gasteiger partial charge in [0, 0.05) is 17.3 Å². The Labute approximate surface area is 190 Å². The fourth-order valence-electron chi connectivity index (χ4n) is 3.69. The Hall–Kier alpha value is -4.33. The van der Waals surface area contributed by atoms with Gasteiger partial charge in [0.2, 0.25) is 0 Å². The Balaban J connectivity index is 1.48. The van der Waals surface area contributed by atoms with Gasteiger partial charge >= 0.3 is 0 Å². The molecule has 1 amide bonds. The number of nitrogens with one attached hydrogen (secondary N) is 1. The summed E-state index contributed by atoms with van der Waals surface area (Å²) in [6, 6.07) is 17.2. The molecule has 166 valence electrons. The summed E-state index contributed by atoms with van der Waals surface area (Å²) in [6.07, 6.45) is 3.45.